The van der Waals surface area contributed by atoms with Crippen molar-refractivity contribution >= 4 is 17.2 Å². The van der Waals surface area contributed by atoms with Crippen molar-refractivity contribution in [3.05, 3.63) is 72.2 Å². The molecule has 0 atom stereocenters. The molecule has 1 aliphatic carbocycles. The Hall–Kier alpha value is -3.41. The Labute approximate surface area is 155 Å². The van der Waals surface area contributed by atoms with Gasteiger partial charge in [-0.25, -0.2) is 9.97 Å². The van der Waals surface area contributed by atoms with Gasteiger partial charge in [-0.2, -0.15) is 0 Å². The van der Waals surface area contributed by atoms with E-state index in [-0.39, 0.29) is 5.91 Å². The second kappa shape index (κ2) is 6.09. The minimum atomic E-state index is -0.201. The number of imidazole rings is 1. The molecule has 27 heavy (non-hydrogen) atoms. The Bertz CT molecular complexity index is 1150. The second-order valence-corrected chi connectivity index (χ2v) is 6.90. The first-order chi connectivity index (χ1) is 13.2. The number of benzene rings is 1. The maximum atomic E-state index is 12.8. The molecule has 0 bridgehead atoms. The molecule has 5 rings (SSSR count). The number of nitrogens with zero attached hydrogens (tertiary/aromatic N) is 3. The zero-order valence-corrected chi connectivity index (χ0v) is 14.8. The number of oxazole rings is 1. The average Bonchev–Trinajstić information content (AvgIpc) is 3.25. The number of nitrogens with one attached hydrogen (secondary N) is 1. The Morgan fingerprint density at radius 1 is 1.26 bits per heavy atom. The maximum Gasteiger partial charge on any atom is 0.274 e. The van der Waals surface area contributed by atoms with E-state index in [0.29, 0.717) is 11.6 Å². The summed E-state index contributed by atoms with van der Waals surface area (Å²) < 4.78 is 7.36. The highest BCUT2D eigenvalue weighted by Gasteiger charge is 2.28. The number of hydrogen-bond acceptors (Lipinski definition) is 4. The van der Waals surface area contributed by atoms with Crippen molar-refractivity contribution < 1.29 is 9.21 Å². The average molecular weight is 358 g/mol. The van der Waals surface area contributed by atoms with Crippen LogP contribution >= 0.6 is 0 Å². The molecule has 3 heterocycles. The first kappa shape index (κ1) is 15.8. The summed E-state index contributed by atoms with van der Waals surface area (Å²) in [7, 11) is 0. The van der Waals surface area contributed by atoms with Gasteiger partial charge in [0.05, 0.1) is 6.20 Å². The van der Waals surface area contributed by atoms with E-state index in [0.717, 1.165) is 46.9 Å². The van der Waals surface area contributed by atoms with Crippen LogP contribution < -0.4 is 5.32 Å². The molecule has 0 aliphatic heterocycles. The van der Waals surface area contributed by atoms with Crippen molar-refractivity contribution in [2.45, 2.75) is 25.7 Å². The first-order valence-electron chi connectivity index (χ1n) is 8.99. The van der Waals surface area contributed by atoms with Gasteiger partial charge in [0.25, 0.3) is 5.91 Å². The van der Waals surface area contributed by atoms with Crippen LogP contribution in [0.3, 0.4) is 0 Å². The normalized spacial score (nSPS) is 13.8. The van der Waals surface area contributed by atoms with Crippen molar-refractivity contribution in [1.29, 1.82) is 0 Å². The number of aromatic nitrogens is 3. The molecule has 1 aromatic carbocycles. The Morgan fingerprint density at radius 3 is 3.00 bits per heavy atom. The standard InChI is InChI=1S/C21H18N4O2/c1-13-5-6-15(17-12-27-21(24-17)14-7-8-14)10-16(13)23-20(26)18-11-22-19-4-2-3-9-25(18)19/h2-6,9-12,14H,7-8H2,1H3,(H,23,26). The summed E-state index contributed by atoms with van der Waals surface area (Å²) in [5.74, 6) is 1.08. The number of amides is 1. The summed E-state index contributed by atoms with van der Waals surface area (Å²) in [5.41, 5.74) is 4.68. The number of fused-ring (bicyclic) bond motifs is 1. The van der Waals surface area contributed by atoms with E-state index in [9.17, 15) is 4.79 Å². The molecule has 0 spiro atoms. The fourth-order valence-electron chi connectivity index (χ4n) is 3.14. The highest BCUT2D eigenvalue weighted by molar-refractivity contribution is 6.04. The molecule has 0 saturated heterocycles. The highest BCUT2D eigenvalue weighted by Crippen LogP contribution is 2.40. The number of rotatable bonds is 4. The summed E-state index contributed by atoms with van der Waals surface area (Å²) in [4.78, 5) is 21.6. The van der Waals surface area contributed by atoms with Crippen LogP contribution in [0.1, 0.15) is 40.7 Å². The summed E-state index contributed by atoms with van der Waals surface area (Å²) in [6, 6.07) is 11.5. The Balaban J connectivity index is 1.44. The van der Waals surface area contributed by atoms with Gasteiger partial charge in [-0.3, -0.25) is 9.20 Å². The van der Waals surface area contributed by atoms with Crippen molar-refractivity contribution in [2.75, 3.05) is 5.32 Å². The van der Waals surface area contributed by atoms with E-state index in [1.165, 1.54) is 0 Å². The molecule has 134 valence electrons. The van der Waals surface area contributed by atoms with Crippen LogP contribution in [0.25, 0.3) is 16.9 Å². The first-order valence-corrected chi connectivity index (χ1v) is 8.99. The van der Waals surface area contributed by atoms with Gasteiger partial charge in [0.1, 0.15) is 23.3 Å². The Morgan fingerprint density at radius 2 is 2.15 bits per heavy atom. The molecular formula is C21H18N4O2. The molecule has 3 aromatic heterocycles. The zero-order valence-electron chi connectivity index (χ0n) is 14.8. The van der Waals surface area contributed by atoms with Crippen molar-refractivity contribution in [3.8, 4) is 11.3 Å². The minimum absolute atomic E-state index is 0.201. The van der Waals surface area contributed by atoms with Gasteiger partial charge in [-0.1, -0.05) is 18.2 Å². The second-order valence-electron chi connectivity index (χ2n) is 6.90. The van der Waals surface area contributed by atoms with Crippen LogP contribution in [0.15, 0.2) is 59.5 Å². The van der Waals surface area contributed by atoms with Crippen molar-refractivity contribution in [1.82, 2.24) is 14.4 Å². The quantitative estimate of drug-likeness (QED) is 0.586. The monoisotopic (exact) mass is 358 g/mol. The van der Waals surface area contributed by atoms with Crippen LogP contribution in [0.5, 0.6) is 0 Å². The van der Waals surface area contributed by atoms with E-state index in [4.69, 9.17) is 4.42 Å². The summed E-state index contributed by atoms with van der Waals surface area (Å²) in [5, 5.41) is 3.00. The van der Waals surface area contributed by atoms with Crippen LogP contribution in [0.4, 0.5) is 5.69 Å². The SMILES string of the molecule is Cc1ccc(-c2coc(C3CC3)n2)cc1NC(=O)c1cnc2ccccn12. The van der Waals surface area contributed by atoms with E-state index in [1.54, 1.807) is 16.9 Å². The number of aryl methyl sites for hydroxylation is 1. The predicted molar refractivity (Wildman–Crippen MR) is 102 cm³/mol. The lowest BCUT2D eigenvalue weighted by molar-refractivity contribution is 0.102. The largest absolute Gasteiger partial charge is 0.448 e. The molecule has 0 unspecified atom stereocenters. The molecule has 4 aromatic rings. The third-order valence-corrected chi connectivity index (χ3v) is 4.88. The summed E-state index contributed by atoms with van der Waals surface area (Å²) >= 11 is 0. The number of anilines is 1. The van der Waals surface area contributed by atoms with Gasteiger partial charge in [-0.15, -0.1) is 0 Å². The maximum absolute atomic E-state index is 12.8. The highest BCUT2D eigenvalue weighted by atomic mass is 16.3. The van der Waals surface area contributed by atoms with E-state index < -0.39 is 0 Å². The fraction of sp³-hybridized carbons (Fsp3) is 0.190. The molecule has 1 N–H and O–H groups in total. The summed E-state index contributed by atoms with van der Waals surface area (Å²) in [6.07, 6.45) is 7.40. The number of carbonyl (C=O) groups excluding carboxylic acids is 1. The van der Waals surface area contributed by atoms with Crippen LogP contribution in [-0.2, 0) is 0 Å². The fourth-order valence-corrected chi connectivity index (χ4v) is 3.14. The number of hydrogen-bond donors (Lipinski definition) is 1. The minimum Gasteiger partial charge on any atom is -0.448 e. The van der Waals surface area contributed by atoms with Gasteiger partial charge in [-0.05, 0) is 43.5 Å². The molecule has 1 aliphatic rings. The van der Waals surface area contributed by atoms with Gasteiger partial charge in [0.15, 0.2) is 5.89 Å². The van der Waals surface area contributed by atoms with Crippen LogP contribution in [-0.4, -0.2) is 20.3 Å². The lowest BCUT2D eigenvalue weighted by Crippen LogP contribution is -2.15. The smallest absolute Gasteiger partial charge is 0.274 e. The number of pyridine rings is 1. The summed E-state index contributed by atoms with van der Waals surface area (Å²) in [6.45, 7) is 1.96. The Kier molecular flexibility index (Phi) is 3.57. The van der Waals surface area contributed by atoms with Gasteiger partial charge in [0.2, 0.25) is 0 Å². The van der Waals surface area contributed by atoms with E-state index >= 15 is 0 Å². The molecular weight excluding hydrogens is 340 g/mol. The van der Waals surface area contributed by atoms with Crippen molar-refractivity contribution in [2.24, 2.45) is 0 Å². The molecule has 0 radical (unpaired) electrons. The van der Waals surface area contributed by atoms with E-state index in [1.807, 2.05) is 49.5 Å². The molecule has 6 nitrogen and oxygen atoms in total. The van der Waals surface area contributed by atoms with E-state index in [2.05, 4.69) is 15.3 Å². The van der Waals surface area contributed by atoms with Gasteiger partial charge in [0, 0.05) is 23.4 Å². The van der Waals surface area contributed by atoms with Gasteiger partial charge >= 0.3 is 0 Å². The molecule has 1 fully saturated rings. The molecule has 6 heteroatoms. The third-order valence-electron chi connectivity index (χ3n) is 4.88. The van der Waals surface area contributed by atoms with Gasteiger partial charge < -0.3 is 9.73 Å². The third kappa shape index (κ3) is 2.89. The van der Waals surface area contributed by atoms with Crippen LogP contribution in [0.2, 0.25) is 0 Å². The lowest BCUT2D eigenvalue weighted by atomic mass is 10.1. The number of carbonyl (C=O) groups is 1. The zero-order chi connectivity index (χ0) is 18.4. The topological polar surface area (TPSA) is 72.4 Å². The van der Waals surface area contributed by atoms with Crippen molar-refractivity contribution in [3.63, 3.8) is 0 Å². The van der Waals surface area contributed by atoms with Crippen LogP contribution in [0, 0.1) is 6.92 Å². The lowest BCUT2D eigenvalue weighted by Gasteiger charge is -2.10. The predicted octanol–water partition coefficient (Wildman–Crippen LogP) is 4.43. The molecule has 1 amide bonds. The molecule has 1 saturated carbocycles.